The summed E-state index contributed by atoms with van der Waals surface area (Å²) in [6.07, 6.45) is 0.161. The van der Waals surface area contributed by atoms with Gasteiger partial charge in [-0.05, 0) is 44.3 Å². The van der Waals surface area contributed by atoms with Crippen LogP contribution in [0.4, 0.5) is 4.39 Å². The zero-order valence-electron chi connectivity index (χ0n) is 13.2. The SMILES string of the molecule is CCOC(=O)C(F)CCCCO[Si](C)(C)C(C)(C)C. The molecule has 0 aromatic heterocycles. The molecule has 0 amide bonds. The summed E-state index contributed by atoms with van der Waals surface area (Å²) in [6.45, 7) is 13.5. The Balaban J connectivity index is 3.80. The Morgan fingerprint density at radius 2 is 1.84 bits per heavy atom. The summed E-state index contributed by atoms with van der Waals surface area (Å²) in [6, 6.07) is 0. The maximum atomic E-state index is 13.3. The van der Waals surface area contributed by atoms with Crippen molar-refractivity contribution < 1.29 is 18.3 Å². The largest absolute Gasteiger partial charge is 0.464 e. The number of unbranched alkanes of at least 4 members (excludes halogenated alkanes) is 1. The quantitative estimate of drug-likeness (QED) is 0.384. The number of rotatable bonds is 8. The van der Waals surface area contributed by atoms with E-state index in [1.54, 1.807) is 6.92 Å². The van der Waals surface area contributed by atoms with Crippen LogP contribution in [-0.2, 0) is 14.0 Å². The molecule has 0 bridgehead atoms. The van der Waals surface area contributed by atoms with Gasteiger partial charge < -0.3 is 9.16 Å². The maximum Gasteiger partial charge on any atom is 0.340 e. The standard InChI is InChI=1S/C14H29FO3Si/c1-7-17-13(16)12(15)10-8-9-11-18-19(5,6)14(2,3)4/h12H,7-11H2,1-6H3. The zero-order valence-corrected chi connectivity index (χ0v) is 14.2. The molecule has 0 N–H and O–H groups in total. The second kappa shape index (κ2) is 8.00. The Morgan fingerprint density at radius 1 is 1.26 bits per heavy atom. The van der Waals surface area contributed by atoms with E-state index in [2.05, 4.69) is 38.6 Å². The van der Waals surface area contributed by atoms with Crippen molar-refractivity contribution in [2.45, 2.75) is 71.3 Å². The van der Waals surface area contributed by atoms with Crippen LogP contribution >= 0.6 is 0 Å². The zero-order chi connectivity index (χ0) is 15.1. The van der Waals surface area contributed by atoms with Crippen molar-refractivity contribution in [1.29, 1.82) is 0 Å². The monoisotopic (exact) mass is 292 g/mol. The van der Waals surface area contributed by atoms with Crippen LogP contribution in [0.1, 0.15) is 47.0 Å². The highest BCUT2D eigenvalue weighted by molar-refractivity contribution is 6.74. The van der Waals surface area contributed by atoms with E-state index >= 15 is 0 Å². The third-order valence-electron chi connectivity index (χ3n) is 3.66. The van der Waals surface area contributed by atoms with Gasteiger partial charge in [0.2, 0.25) is 0 Å². The van der Waals surface area contributed by atoms with Gasteiger partial charge >= 0.3 is 5.97 Å². The van der Waals surface area contributed by atoms with Crippen LogP contribution < -0.4 is 0 Å². The Labute approximate surface area is 118 Å². The molecule has 0 aliphatic heterocycles. The normalized spacial score (nSPS) is 14.3. The lowest BCUT2D eigenvalue weighted by Crippen LogP contribution is -2.40. The molecule has 0 rings (SSSR count). The molecular formula is C14H29FO3Si. The second-order valence-corrected chi connectivity index (χ2v) is 11.1. The molecule has 0 aliphatic carbocycles. The van der Waals surface area contributed by atoms with Crippen molar-refractivity contribution in [3.63, 3.8) is 0 Å². The Kier molecular flexibility index (Phi) is 7.82. The van der Waals surface area contributed by atoms with E-state index < -0.39 is 20.5 Å². The maximum absolute atomic E-state index is 13.3. The number of carbonyl (C=O) groups is 1. The molecular weight excluding hydrogens is 263 g/mol. The molecule has 5 heteroatoms. The van der Waals surface area contributed by atoms with E-state index in [-0.39, 0.29) is 18.1 Å². The van der Waals surface area contributed by atoms with E-state index in [1.807, 2.05) is 0 Å². The predicted molar refractivity (Wildman–Crippen MR) is 78.5 cm³/mol. The van der Waals surface area contributed by atoms with Crippen LogP contribution in [0, 0.1) is 0 Å². The van der Waals surface area contributed by atoms with Crippen LogP contribution in [0.5, 0.6) is 0 Å². The van der Waals surface area contributed by atoms with E-state index in [0.717, 1.165) is 6.42 Å². The molecule has 0 saturated heterocycles. The average Bonchev–Trinajstić information content (AvgIpc) is 2.26. The van der Waals surface area contributed by atoms with Crippen LogP contribution in [-0.4, -0.2) is 33.7 Å². The summed E-state index contributed by atoms with van der Waals surface area (Å²) in [7, 11) is -1.70. The summed E-state index contributed by atoms with van der Waals surface area (Å²) in [5, 5.41) is 0.195. The first-order valence-electron chi connectivity index (χ1n) is 7.06. The highest BCUT2D eigenvalue weighted by Crippen LogP contribution is 2.36. The van der Waals surface area contributed by atoms with Crippen molar-refractivity contribution in [3.8, 4) is 0 Å². The van der Waals surface area contributed by atoms with Crippen LogP contribution in [0.25, 0.3) is 0 Å². The van der Waals surface area contributed by atoms with E-state index in [4.69, 9.17) is 4.43 Å². The molecule has 1 unspecified atom stereocenters. The van der Waals surface area contributed by atoms with Gasteiger partial charge in [0.25, 0.3) is 0 Å². The predicted octanol–water partition coefficient (Wildman–Crippen LogP) is 4.08. The average molecular weight is 292 g/mol. The van der Waals surface area contributed by atoms with Gasteiger partial charge in [-0.3, -0.25) is 0 Å². The number of alkyl halides is 1. The molecule has 0 saturated carbocycles. The fourth-order valence-corrected chi connectivity index (χ4v) is 2.41. The minimum absolute atomic E-state index is 0.195. The van der Waals surface area contributed by atoms with Gasteiger partial charge in [0, 0.05) is 6.61 Å². The summed E-state index contributed by atoms with van der Waals surface area (Å²) in [5.41, 5.74) is 0. The van der Waals surface area contributed by atoms with Crippen molar-refractivity contribution in [2.75, 3.05) is 13.2 Å². The van der Waals surface area contributed by atoms with Crippen LogP contribution in [0.2, 0.25) is 18.1 Å². The lowest BCUT2D eigenvalue weighted by atomic mass is 10.2. The van der Waals surface area contributed by atoms with Gasteiger partial charge in [-0.2, -0.15) is 0 Å². The molecule has 19 heavy (non-hydrogen) atoms. The van der Waals surface area contributed by atoms with Crippen LogP contribution in [0.3, 0.4) is 0 Å². The van der Waals surface area contributed by atoms with Crippen molar-refractivity contribution in [1.82, 2.24) is 0 Å². The molecule has 0 aromatic carbocycles. The van der Waals surface area contributed by atoms with Gasteiger partial charge in [-0.15, -0.1) is 0 Å². The van der Waals surface area contributed by atoms with Crippen molar-refractivity contribution in [3.05, 3.63) is 0 Å². The van der Waals surface area contributed by atoms with Gasteiger partial charge in [-0.25, -0.2) is 9.18 Å². The number of ether oxygens (including phenoxy) is 1. The van der Waals surface area contributed by atoms with E-state index in [1.165, 1.54) is 0 Å². The minimum Gasteiger partial charge on any atom is -0.464 e. The fraction of sp³-hybridized carbons (Fsp3) is 0.929. The van der Waals surface area contributed by atoms with E-state index in [9.17, 15) is 9.18 Å². The highest BCUT2D eigenvalue weighted by Gasteiger charge is 2.36. The van der Waals surface area contributed by atoms with E-state index in [0.29, 0.717) is 13.0 Å². The molecule has 0 aliphatic rings. The molecule has 0 radical (unpaired) electrons. The lowest BCUT2D eigenvalue weighted by molar-refractivity contribution is -0.149. The van der Waals surface area contributed by atoms with Crippen molar-refractivity contribution in [2.24, 2.45) is 0 Å². The smallest absolute Gasteiger partial charge is 0.340 e. The molecule has 0 fully saturated rings. The Bertz CT molecular complexity index is 274. The van der Waals surface area contributed by atoms with Crippen LogP contribution in [0.15, 0.2) is 0 Å². The van der Waals surface area contributed by atoms with Gasteiger partial charge in [0.1, 0.15) is 0 Å². The molecule has 114 valence electrons. The lowest BCUT2D eigenvalue weighted by Gasteiger charge is -2.36. The number of hydrogen-bond donors (Lipinski definition) is 0. The minimum atomic E-state index is -1.70. The first kappa shape index (κ1) is 18.6. The molecule has 3 nitrogen and oxygen atoms in total. The summed E-state index contributed by atoms with van der Waals surface area (Å²) in [4.78, 5) is 11.1. The molecule has 0 spiro atoms. The first-order valence-corrected chi connectivity index (χ1v) is 9.97. The Hall–Kier alpha value is -0.423. The highest BCUT2D eigenvalue weighted by atomic mass is 28.4. The van der Waals surface area contributed by atoms with Gasteiger partial charge in [-0.1, -0.05) is 20.8 Å². The molecule has 0 aromatic rings. The molecule has 0 heterocycles. The third kappa shape index (κ3) is 7.06. The summed E-state index contributed by atoms with van der Waals surface area (Å²) >= 11 is 0. The number of halogens is 1. The number of esters is 1. The second-order valence-electron chi connectivity index (χ2n) is 6.32. The summed E-state index contributed by atoms with van der Waals surface area (Å²) in [5.74, 6) is -0.743. The first-order chi connectivity index (χ1) is 8.62. The number of carbonyl (C=O) groups excluding carboxylic acids is 1. The third-order valence-corrected chi connectivity index (χ3v) is 8.20. The van der Waals surface area contributed by atoms with Crippen molar-refractivity contribution >= 4 is 14.3 Å². The molecule has 1 atom stereocenters. The number of hydrogen-bond acceptors (Lipinski definition) is 3. The fourth-order valence-electron chi connectivity index (χ4n) is 1.32. The topological polar surface area (TPSA) is 35.5 Å². The van der Waals surface area contributed by atoms with Gasteiger partial charge in [0.15, 0.2) is 14.5 Å². The summed E-state index contributed by atoms with van der Waals surface area (Å²) < 4.78 is 23.9. The Morgan fingerprint density at radius 3 is 2.32 bits per heavy atom. The van der Waals surface area contributed by atoms with Gasteiger partial charge in [0.05, 0.1) is 6.61 Å².